The minimum absolute atomic E-state index is 0.237. The van der Waals surface area contributed by atoms with Crippen molar-refractivity contribution in [1.29, 1.82) is 0 Å². The predicted molar refractivity (Wildman–Crippen MR) is 102 cm³/mol. The van der Waals surface area contributed by atoms with Crippen molar-refractivity contribution >= 4 is 11.6 Å². The van der Waals surface area contributed by atoms with Crippen molar-refractivity contribution in [2.75, 3.05) is 19.1 Å². The van der Waals surface area contributed by atoms with Gasteiger partial charge in [0.1, 0.15) is 6.54 Å². The summed E-state index contributed by atoms with van der Waals surface area (Å²) in [5.74, 6) is 0.554. The Labute approximate surface area is 169 Å². The van der Waals surface area contributed by atoms with Crippen LogP contribution in [0.25, 0.3) is 11.1 Å². The maximum absolute atomic E-state index is 12.7. The lowest BCUT2D eigenvalue weighted by Crippen LogP contribution is -2.22. The fourth-order valence-corrected chi connectivity index (χ4v) is 3.36. The summed E-state index contributed by atoms with van der Waals surface area (Å²) in [4.78, 5) is 18.4. The minimum Gasteiger partial charge on any atom is -0.491 e. The third-order valence-electron chi connectivity index (χ3n) is 4.75. The fourth-order valence-electron chi connectivity index (χ4n) is 3.36. The van der Waals surface area contributed by atoms with Crippen LogP contribution in [-0.4, -0.2) is 41.1 Å². The Kier molecular flexibility index (Phi) is 4.84. The predicted octanol–water partition coefficient (Wildman–Crippen LogP) is 3.69. The molecule has 0 saturated carbocycles. The molecule has 156 valence electrons. The lowest BCUT2D eigenvalue weighted by atomic mass is 10.0. The second-order valence-corrected chi connectivity index (χ2v) is 6.71. The number of methoxy groups -OCH3 is 2. The van der Waals surface area contributed by atoms with E-state index in [1.807, 2.05) is 6.07 Å². The fraction of sp³-hybridized carbons (Fsp3) is 0.250. The molecule has 10 heteroatoms. The highest BCUT2D eigenvalue weighted by atomic mass is 19.4. The number of nitrogens with zero attached hydrogens (tertiary/aromatic N) is 4. The standard InChI is InChI=1S/C20H17F3N4O3/c1-29-17-6-13(7-24-18(17)30-2)12-3-4-16-14(5-12)9-27(19(16)28)15-8-25-26(10-15)11-20(21,22)23/h3-8,10H,9,11H2,1-2H3. The average molecular weight is 418 g/mol. The summed E-state index contributed by atoms with van der Waals surface area (Å²) < 4.78 is 48.9. The third-order valence-corrected chi connectivity index (χ3v) is 4.75. The van der Waals surface area contributed by atoms with Gasteiger partial charge in [0.05, 0.1) is 32.6 Å². The van der Waals surface area contributed by atoms with Crippen LogP contribution in [0.3, 0.4) is 0 Å². The highest BCUT2D eigenvalue weighted by Gasteiger charge is 2.32. The molecule has 0 N–H and O–H groups in total. The first-order chi connectivity index (χ1) is 14.3. The number of halogens is 3. The summed E-state index contributed by atoms with van der Waals surface area (Å²) in [5.41, 5.74) is 3.17. The Balaban J connectivity index is 1.60. The molecule has 3 aromatic rings. The van der Waals surface area contributed by atoms with Gasteiger partial charge in [0.15, 0.2) is 5.75 Å². The van der Waals surface area contributed by atoms with Crippen LogP contribution in [0.1, 0.15) is 15.9 Å². The van der Waals surface area contributed by atoms with Gasteiger partial charge in [-0.15, -0.1) is 0 Å². The van der Waals surface area contributed by atoms with Crippen LogP contribution < -0.4 is 14.4 Å². The van der Waals surface area contributed by atoms with E-state index in [-0.39, 0.29) is 12.5 Å². The molecular formula is C20H17F3N4O3. The van der Waals surface area contributed by atoms with E-state index >= 15 is 0 Å². The van der Waals surface area contributed by atoms with E-state index in [0.717, 1.165) is 21.4 Å². The first kappa shape index (κ1) is 19.7. The van der Waals surface area contributed by atoms with E-state index in [4.69, 9.17) is 9.47 Å². The number of carbonyl (C=O) groups is 1. The smallest absolute Gasteiger partial charge is 0.408 e. The van der Waals surface area contributed by atoms with Crippen LogP contribution >= 0.6 is 0 Å². The maximum Gasteiger partial charge on any atom is 0.408 e. The number of rotatable bonds is 5. The van der Waals surface area contributed by atoms with Gasteiger partial charge in [0.25, 0.3) is 11.8 Å². The highest BCUT2D eigenvalue weighted by molar-refractivity contribution is 6.10. The lowest BCUT2D eigenvalue weighted by Gasteiger charge is -2.12. The molecule has 30 heavy (non-hydrogen) atoms. The maximum atomic E-state index is 12.7. The van der Waals surface area contributed by atoms with E-state index in [1.165, 1.54) is 31.5 Å². The van der Waals surface area contributed by atoms with Gasteiger partial charge in [-0.3, -0.25) is 9.48 Å². The molecule has 0 unspecified atom stereocenters. The molecule has 0 aliphatic carbocycles. The number of amides is 1. The van der Waals surface area contributed by atoms with Gasteiger partial charge < -0.3 is 14.4 Å². The van der Waals surface area contributed by atoms with Crippen molar-refractivity contribution in [3.8, 4) is 22.8 Å². The van der Waals surface area contributed by atoms with E-state index in [0.29, 0.717) is 22.9 Å². The molecule has 1 aliphatic heterocycles. The number of fused-ring (bicyclic) bond motifs is 1. The van der Waals surface area contributed by atoms with E-state index < -0.39 is 12.7 Å². The molecule has 7 nitrogen and oxygen atoms in total. The van der Waals surface area contributed by atoms with Crippen LogP contribution in [0.4, 0.5) is 18.9 Å². The topological polar surface area (TPSA) is 69.5 Å². The Morgan fingerprint density at radius 2 is 1.90 bits per heavy atom. The Bertz CT molecular complexity index is 1110. The number of pyridine rings is 1. The number of hydrogen-bond donors (Lipinski definition) is 0. The van der Waals surface area contributed by atoms with Crippen LogP contribution in [0, 0.1) is 0 Å². The summed E-state index contributed by atoms with van der Waals surface area (Å²) in [6.07, 6.45) is -0.270. The molecule has 0 atom stereocenters. The van der Waals surface area contributed by atoms with Gasteiger partial charge in [-0.25, -0.2) is 4.98 Å². The Morgan fingerprint density at radius 3 is 2.60 bits per heavy atom. The quantitative estimate of drug-likeness (QED) is 0.632. The zero-order valence-electron chi connectivity index (χ0n) is 16.1. The molecular weight excluding hydrogens is 401 g/mol. The van der Waals surface area contributed by atoms with Crippen molar-refractivity contribution in [1.82, 2.24) is 14.8 Å². The molecule has 0 radical (unpaired) electrons. The SMILES string of the molecule is COc1cc(-c2ccc3c(c2)CN(c2cnn(CC(F)(F)F)c2)C3=O)cnc1OC. The molecule has 1 amide bonds. The molecule has 3 heterocycles. The molecule has 0 spiro atoms. The highest BCUT2D eigenvalue weighted by Crippen LogP contribution is 2.34. The summed E-state index contributed by atoms with van der Waals surface area (Å²) in [7, 11) is 3.01. The normalized spacial score (nSPS) is 13.5. The molecule has 0 bridgehead atoms. The van der Waals surface area contributed by atoms with Crippen LogP contribution in [0.2, 0.25) is 0 Å². The van der Waals surface area contributed by atoms with Crippen molar-refractivity contribution in [3.63, 3.8) is 0 Å². The van der Waals surface area contributed by atoms with E-state index in [1.54, 1.807) is 24.4 Å². The number of benzene rings is 1. The number of alkyl halides is 3. The van der Waals surface area contributed by atoms with E-state index in [9.17, 15) is 18.0 Å². The van der Waals surface area contributed by atoms with Gasteiger partial charge in [-0.1, -0.05) is 6.07 Å². The van der Waals surface area contributed by atoms with Gasteiger partial charge in [0, 0.05) is 23.5 Å². The van der Waals surface area contributed by atoms with Crippen molar-refractivity contribution in [2.24, 2.45) is 0 Å². The minimum atomic E-state index is -4.39. The molecule has 1 aromatic carbocycles. The third kappa shape index (κ3) is 3.68. The monoisotopic (exact) mass is 418 g/mol. The zero-order chi connectivity index (χ0) is 21.5. The summed E-state index contributed by atoms with van der Waals surface area (Å²) in [6.45, 7) is -0.973. The summed E-state index contributed by atoms with van der Waals surface area (Å²) >= 11 is 0. The number of aromatic nitrogens is 3. The first-order valence-electron chi connectivity index (χ1n) is 8.91. The average Bonchev–Trinajstić information content (AvgIpc) is 3.29. The largest absolute Gasteiger partial charge is 0.491 e. The Hall–Kier alpha value is -3.56. The van der Waals surface area contributed by atoms with Gasteiger partial charge in [-0.05, 0) is 29.3 Å². The molecule has 0 fully saturated rings. The van der Waals surface area contributed by atoms with Crippen molar-refractivity contribution in [3.05, 3.63) is 54.0 Å². The van der Waals surface area contributed by atoms with Gasteiger partial charge in [-0.2, -0.15) is 18.3 Å². The van der Waals surface area contributed by atoms with Gasteiger partial charge in [0.2, 0.25) is 0 Å². The number of carbonyl (C=O) groups excluding carboxylic acids is 1. The second-order valence-electron chi connectivity index (χ2n) is 6.71. The van der Waals surface area contributed by atoms with Crippen LogP contribution in [0.15, 0.2) is 42.9 Å². The number of ether oxygens (including phenoxy) is 2. The lowest BCUT2D eigenvalue weighted by molar-refractivity contribution is -0.142. The number of anilines is 1. The zero-order valence-corrected chi connectivity index (χ0v) is 16.1. The van der Waals surface area contributed by atoms with E-state index in [2.05, 4.69) is 10.1 Å². The molecule has 2 aromatic heterocycles. The van der Waals surface area contributed by atoms with Crippen LogP contribution in [0.5, 0.6) is 11.6 Å². The Morgan fingerprint density at radius 1 is 1.10 bits per heavy atom. The second kappa shape index (κ2) is 7.36. The first-order valence-corrected chi connectivity index (χ1v) is 8.91. The van der Waals surface area contributed by atoms with Crippen molar-refractivity contribution in [2.45, 2.75) is 19.3 Å². The molecule has 4 rings (SSSR count). The summed E-state index contributed by atoms with van der Waals surface area (Å²) in [6, 6.07) is 7.12. The summed E-state index contributed by atoms with van der Waals surface area (Å²) in [5, 5.41) is 3.71. The van der Waals surface area contributed by atoms with Crippen molar-refractivity contribution < 1.29 is 27.4 Å². The molecule has 0 saturated heterocycles. The van der Waals surface area contributed by atoms with Gasteiger partial charge >= 0.3 is 6.18 Å². The van der Waals surface area contributed by atoms with Crippen LogP contribution in [-0.2, 0) is 13.1 Å². The molecule has 1 aliphatic rings. The number of hydrogen-bond acceptors (Lipinski definition) is 5.